The molecular weight excluding hydrogens is 298 g/mol. The van der Waals surface area contributed by atoms with Gasteiger partial charge in [0.15, 0.2) is 0 Å². The zero-order valence-corrected chi connectivity index (χ0v) is 13.0. The van der Waals surface area contributed by atoms with E-state index in [0.29, 0.717) is 12.8 Å². The lowest BCUT2D eigenvalue weighted by Crippen LogP contribution is -2.51. The van der Waals surface area contributed by atoms with Gasteiger partial charge in [0.2, 0.25) is 5.91 Å². The average Bonchev–Trinajstić information content (AvgIpc) is 2.51. The van der Waals surface area contributed by atoms with Gasteiger partial charge in [-0.3, -0.25) is 4.79 Å². The maximum atomic E-state index is 13.0. The topological polar surface area (TPSA) is 55.1 Å². The van der Waals surface area contributed by atoms with Gasteiger partial charge in [0, 0.05) is 5.54 Å². The Labute approximate surface area is 134 Å². The summed E-state index contributed by atoms with van der Waals surface area (Å²) >= 11 is 0. The van der Waals surface area contributed by atoms with Crippen molar-refractivity contribution in [2.45, 2.75) is 25.3 Å². The van der Waals surface area contributed by atoms with Gasteiger partial charge in [-0.05, 0) is 55.2 Å². The van der Waals surface area contributed by atoms with Gasteiger partial charge in [0.25, 0.3) is 0 Å². The summed E-state index contributed by atoms with van der Waals surface area (Å²) in [6.07, 6.45) is 1.02. The van der Waals surface area contributed by atoms with E-state index in [-0.39, 0.29) is 24.1 Å². The van der Waals surface area contributed by atoms with Crippen LogP contribution in [0.2, 0.25) is 0 Å². The number of carbonyl (C=O) groups is 1. The molecule has 0 atom stereocenters. The average molecular weight is 318 g/mol. The summed E-state index contributed by atoms with van der Waals surface area (Å²) in [5, 5.41) is 2.92. The Morgan fingerprint density at radius 1 is 0.957 bits per heavy atom. The molecule has 0 saturated carbocycles. The van der Waals surface area contributed by atoms with E-state index in [1.54, 1.807) is 24.3 Å². The van der Waals surface area contributed by atoms with Gasteiger partial charge in [0.05, 0.1) is 6.54 Å². The quantitative estimate of drug-likeness (QED) is 0.860. The fourth-order valence-electron chi connectivity index (χ4n) is 2.64. The highest BCUT2D eigenvalue weighted by Gasteiger charge is 2.27. The third kappa shape index (κ3) is 5.14. The highest BCUT2D eigenvalue weighted by molar-refractivity contribution is 5.78. The van der Waals surface area contributed by atoms with Crippen LogP contribution in [0.3, 0.4) is 0 Å². The molecule has 0 unspecified atom stereocenters. The minimum Gasteiger partial charge on any atom is -0.349 e. The number of nitrogens with one attached hydrogen (secondary N) is 1. The largest absolute Gasteiger partial charge is 0.349 e. The number of halogens is 2. The number of nitrogens with two attached hydrogens (primary N) is 1. The van der Waals surface area contributed by atoms with E-state index >= 15 is 0 Å². The summed E-state index contributed by atoms with van der Waals surface area (Å²) in [5.41, 5.74) is 6.58. The van der Waals surface area contributed by atoms with Crippen LogP contribution in [-0.4, -0.2) is 18.0 Å². The Morgan fingerprint density at radius 3 is 1.70 bits per heavy atom. The van der Waals surface area contributed by atoms with Crippen LogP contribution in [0.1, 0.15) is 18.1 Å². The van der Waals surface area contributed by atoms with Crippen molar-refractivity contribution in [1.29, 1.82) is 0 Å². The molecule has 2 aromatic rings. The molecule has 122 valence electrons. The predicted octanol–water partition coefficient (Wildman–Crippen LogP) is 2.58. The second-order valence-corrected chi connectivity index (χ2v) is 5.92. The summed E-state index contributed by atoms with van der Waals surface area (Å²) < 4.78 is 26.1. The highest BCUT2D eigenvalue weighted by Crippen LogP contribution is 2.20. The molecule has 3 N–H and O–H groups in total. The molecule has 0 saturated heterocycles. The monoisotopic (exact) mass is 318 g/mol. The summed E-state index contributed by atoms with van der Waals surface area (Å²) in [6, 6.07) is 12.3. The lowest BCUT2D eigenvalue weighted by atomic mass is 9.86. The van der Waals surface area contributed by atoms with Crippen molar-refractivity contribution in [3.8, 4) is 0 Å². The van der Waals surface area contributed by atoms with Crippen LogP contribution in [-0.2, 0) is 17.6 Å². The van der Waals surface area contributed by atoms with Crippen molar-refractivity contribution in [3.05, 3.63) is 71.3 Å². The maximum Gasteiger partial charge on any atom is 0.234 e. The normalized spacial score (nSPS) is 11.3. The van der Waals surface area contributed by atoms with Gasteiger partial charge in [-0.1, -0.05) is 24.3 Å². The van der Waals surface area contributed by atoms with E-state index in [9.17, 15) is 13.6 Å². The van der Waals surface area contributed by atoms with Crippen LogP contribution in [0.15, 0.2) is 48.5 Å². The zero-order chi connectivity index (χ0) is 16.9. The third-order valence-electron chi connectivity index (χ3n) is 3.64. The van der Waals surface area contributed by atoms with Crippen molar-refractivity contribution in [2.75, 3.05) is 6.54 Å². The molecule has 0 fully saturated rings. The van der Waals surface area contributed by atoms with Crippen molar-refractivity contribution in [3.63, 3.8) is 0 Å². The smallest absolute Gasteiger partial charge is 0.234 e. The van der Waals surface area contributed by atoms with Gasteiger partial charge in [0.1, 0.15) is 11.6 Å². The Kier molecular flexibility index (Phi) is 5.45. The Balaban J connectivity index is 2.21. The van der Waals surface area contributed by atoms with Gasteiger partial charge >= 0.3 is 0 Å². The first-order chi connectivity index (χ1) is 10.9. The molecule has 0 bridgehead atoms. The van der Waals surface area contributed by atoms with Gasteiger partial charge < -0.3 is 11.1 Å². The number of amides is 1. The van der Waals surface area contributed by atoms with Gasteiger partial charge in [-0.25, -0.2) is 8.78 Å². The molecular formula is C18H20F2N2O. The first-order valence-corrected chi connectivity index (χ1v) is 7.40. The minimum absolute atomic E-state index is 0.109. The highest BCUT2D eigenvalue weighted by atomic mass is 19.1. The van der Waals surface area contributed by atoms with E-state index in [2.05, 4.69) is 5.32 Å². The summed E-state index contributed by atoms with van der Waals surface area (Å²) in [5.74, 6) is -0.878. The van der Waals surface area contributed by atoms with E-state index in [0.717, 1.165) is 11.1 Å². The second kappa shape index (κ2) is 7.33. The molecule has 3 nitrogen and oxygen atoms in total. The first-order valence-electron chi connectivity index (χ1n) is 7.40. The molecule has 0 radical (unpaired) electrons. The van der Waals surface area contributed by atoms with E-state index in [1.807, 2.05) is 6.92 Å². The van der Waals surface area contributed by atoms with E-state index in [4.69, 9.17) is 5.73 Å². The molecule has 0 aliphatic heterocycles. The molecule has 2 rings (SSSR count). The zero-order valence-electron chi connectivity index (χ0n) is 13.0. The summed E-state index contributed by atoms with van der Waals surface area (Å²) in [4.78, 5) is 11.8. The van der Waals surface area contributed by atoms with Crippen LogP contribution in [0, 0.1) is 11.6 Å². The Morgan fingerprint density at radius 2 is 1.35 bits per heavy atom. The fourth-order valence-corrected chi connectivity index (χ4v) is 2.64. The maximum absolute atomic E-state index is 13.0. The number of hydrogen-bond acceptors (Lipinski definition) is 2. The van der Waals surface area contributed by atoms with Crippen LogP contribution in [0.25, 0.3) is 0 Å². The summed E-state index contributed by atoms with van der Waals surface area (Å²) in [6.45, 7) is 1.79. The minimum atomic E-state index is -0.605. The fraction of sp³-hybridized carbons (Fsp3) is 0.278. The van der Waals surface area contributed by atoms with E-state index < -0.39 is 5.54 Å². The molecule has 0 aliphatic rings. The Hall–Kier alpha value is -2.27. The van der Waals surface area contributed by atoms with Crippen LogP contribution in [0.5, 0.6) is 0 Å². The molecule has 0 aliphatic carbocycles. The number of rotatable bonds is 6. The molecule has 5 heteroatoms. The Bertz CT molecular complexity index is 606. The van der Waals surface area contributed by atoms with Crippen LogP contribution < -0.4 is 11.1 Å². The van der Waals surface area contributed by atoms with Crippen LogP contribution in [0.4, 0.5) is 8.78 Å². The lowest BCUT2D eigenvalue weighted by Gasteiger charge is -2.31. The molecule has 0 heterocycles. The molecule has 23 heavy (non-hydrogen) atoms. The molecule has 1 amide bonds. The third-order valence-corrected chi connectivity index (χ3v) is 3.64. The number of hydrogen-bond donors (Lipinski definition) is 2. The summed E-state index contributed by atoms with van der Waals surface area (Å²) in [7, 11) is 0. The molecule has 2 aromatic carbocycles. The van der Waals surface area contributed by atoms with Crippen LogP contribution >= 0.6 is 0 Å². The van der Waals surface area contributed by atoms with Crippen molar-refractivity contribution in [2.24, 2.45) is 5.73 Å². The van der Waals surface area contributed by atoms with Crippen molar-refractivity contribution in [1.82, 2.24) is 5.32 Å². The molecule has 0 spiro atoms. The van der Waals surface area contributed by atoms with Gasteiger partial charge in [-0.2, -0.15) is 0 Å². The second-order valence-electron chi connectivity index (χ2n) is 5.92. The van der Waals surface area contributed by atoms with Crippen molar-refractivity contribution < 1.29 is 13.6 Å². The number of benzene rings is 2. The van der Waals surface area contributed by atoms with E-state index in [1.165, 1.54) is 24.3 Å². The predicted molar refractivity (Wildman–Crippen MR) is 85.8 cm³/mol. The first kappa shape index (κ1) is 17.1. The number of carbonyl (C=O) groups excluding carboxylic acids is 1. The standard InChI is InChI=1S/C18H20F2N2O/c1-18(22-17(23)12-21,10-13-2-6-15(19)7-3-13)11-14-4-8-16(20)9-5-14/h2-9H,10-12,21H2,1H3,(H,22,23). The molecule has 0 aromatic heterocycles. The SMILES string of the molecule is CC(Cc1ccc(F)cc1)(Cc1ccc(F)cc1)NC(=O)CN. The van der Waals surface area contributed by atoms with Gasteiger partial charge in [-0.15, -0.1) is 0 Å². The van der Waals surface area contributed by atoms with Crippen molar-refractivity contribution >= 4 is 5.91 Å². The lowest BCUT2D eigenvalue weighted by molar-refractivity contribution is -0.121.